The molecule has 0 bridgehead atoms. The van der Waals surface area contributed by atoms with Crippen molar-refractivity contribution in [3.8, 4) is 0 Å². The maximum Gasteiger partial charge on any atom is 0.266 e. The highest BCUT2D eigenvalue weighted by molar-refractivity contribution is 5.12. The zero-order valence-electron chi connectivity index (χ0n) is 13.9. The van der Waals surface area contributed by atoms with Crippen molar-refractivity contribution in [3.63, 3.8) is 0 Å². The van der Waals surface area contributed by atoms with Gasteiger partial charge in [0.1, 0.15) is 5.60 Å². The maximum absolute atomic E-state index is 12.0. The Hall–Kier alpha value is -1.28. The SMILES string of the molecule is O=c1ccc(C2CC2)nn1CC1CN(CC2(O)COCCOC2)C1. The van der Waals surface area contributed by atoms with Gasteiger partial charge in [0, 0.05) is 37.5 Å². The highest BCUT2D eigenvalue weighted by Gasteiger charge is 2.37. The van der Waals surface area contributed by atoms with E-state index >= 15 is 0 Å². The van der Waals surface area contributed by atoms with Gasteiger partial charge in [0.15, 0.2) is 0 Å². The summed E-state index contributed by atoms with van der Waals surface area (Å²) in [4.78, 5) is 14.2. The minimum atomic E-state index is -0.928. The van der Waals surface area contributed by atoms with E-state index < -0.39 is 5.60 Å². The van der Waals surface area contributed by atoms with Crippen molar-refractivity contribution in [2.24, 2.45) is 5.92 Å². The van der Waals surface area contributed by atoms with Gasteiger partial charge in [-0.3, -0.25) is 9.69 Å². The van der Waals surface area contributed by atoms with E-state index in [9.17, 15) is 9.90 Å². The van der Waals surface area contributed by atoms with Crippen LogP contribution in [0.2, 0.25) is 0 Å². The predicted octanol–water partition coefficient (Wildman–Crippen LogP) is -0.170. The Kier molecular flexibility index (Phi) is 4.42. The van der Waals surface area contributed by atoms with E-state index in [0.29, 0.717) is 51.4 Å². The fourth-order valence-corrected chi connectivity index (χ4v) is 3.55. The molecule has 2 saturated heterocycles. The van der Waals surface area contributed by atoms with Crippen molar-refractivity contribution in [2.45, 2.75) is 30.9 Å². The standard InChI is InChI=1S/C17H25N3O4/c21-16-4-3-15(14-1-2-14)18-20(16)9-13-7-19(8-13)10-17(22)11-23-5-6-24-12-17/h3-4,13-14,22H,1-2,5-12H2. The molecular weight excluding hydrogens is 310 g/mol. The number of ether oxygens (including phenoxy) is 2. The second-order valence-electron chi connectivity index (χ2n) is 7.44. The number of rotatable bonds is 5. The van der Waals surface area contributed by atoms with E-state index in [1.165, 1.54) is 12.8 Å². The number of likely N-dealkylation sites (tertiary alicyclic amines) is 1. The summed E-state index contributed by atoms with van der Waals surface area (Å²) in [7, 11) is 0. The van der Waals surface area contributed by atoms with Gasteiger partial charge in [0.2, 0.25) is 0 Å². The van der Waals surface area contributed by atoms with Crippen molar-refractivity contribution in [1.29, 1.82) is 0 Å². The zero-order valence-corrected chi connectivity index (χ0v) is 13.9. The molecule has 2 aliphatic heterocycles. The molecule has 1 aromatic rings. The summed E-state index contributed by atoms with van der Waals surface area (Å²) >= 11 is 0. The average Bonchev–Trinajstić information content (AvgIpc) is 3.35. The Balaban J connectivity index is 1.30. The molecule has 7 heteroatoms. The molecule has 0 atom stereocenters. The van der Waals surface area contributed by atoms with Gasteiger partial charge in [0.25, 0.3) is 5.56 Å². The molecule has 0 aromatic carbocycles. The van der Waals surface area contributed by atoms with E-state index in [-0.39, 0.29) is 5.56 Å². The average molecular weight is 335 g/mol. The van der Waals surface area contributed by atoms with Crippen LogP contribution in [-0.2, 0) is 16.0 Å². The molecule has 0 amide bonds. The first kappa shape index (κ1) is 16.2. The molecule has 0 spiro atoms. The van der Waals surface area contributed by atoms with Gasteiger partial charge in [0.05, 0.1) is 38.7 Å². The van der Waals surface area contributed by atoms with Gasteiger partial charge in [-0.1, -0.05) is 0 Å². The Morgan fingerprint density at radius 1 is 1.21 bits per heavy atom. The van der Waals surface area contributed by atoms with Crippen LogP contribution >= 0.6 is 0 Å². The van der Waals surface area contributed by atoms with E-state index in [0.717, 1.165) is 18.8 Å². The molecule has 1 saturated carbocycles. The number of nitrogens with zero attached hydrogens (tertiary/aromatic N) is 3. The zero-order chi connectivity index (χ0) is 16.6. The number of aromatic nitrogens is 2. The Labute approximate surface area is 141 Å². The lowest BCUT2D eigenvalue weighted by Crippen LogP contribution is -2.57. The molecule has 0 radical (unpaired) electrons. The van der Waals surface area contributed by atoms with Crippen LogP contribution in [0.15, 0.2) is 16.9 Å². The van der Waals surface area contributed by atoms with E-state index in [1.54, 1.807) is 10.7 Å². The van der Waals surface area contributed by atoms with Gasteiger partial charge in [-0.2, -0.15) is 5.10 Å². The number of hydrogen-bond acceptors (Lipinski definition) is 6. The molecule has 3 aliphatic rings. The first-order valence-electron chi connectivity index (χ1n) is 8.80. The fraction of sp³-hybridized carbons (Fsp3) is 0.765. The largest absolute Gasteiger partial charge is 0.384 e. The summed E-state index contributed by atoms with van der Waals surface area (Å²) in [6.45, 7) is 4.65. The van der Waals surface area contributed by atoms with Gasteiger partial charge in [-0.05, 0) is 18.9 Å². The van der Waals surface area contributed by atoms with Crippen LogP contribution in [0.4, 0.5) is 0 Å². The molecule has 3 fully saturated rings. The first-order chi connectivity index (χ1) is 11.6. The topological polar surface area (TPSA) is 76.8 Å². The van der Waals surface area contributed by atoms with Gasteiger partial charge < -0.3 is 14.6 Å². The van der Waals surface area contributed by atoms with Crippen LogP contribution in [0.1, 0.15) is 24.5 Å². The van der Waals surface area contributed by atoms with Crippen molar-refractivity contribution in [3.05, 3.63) is 28.2 Å². The van der Waals surface area contributed by atoms with Crippen molar-refractivity contribution in [2.75, 3.05) is 46.1 Å². The molecule has 7 nitrogen and oxygen atoms in total. The van der Waals surface area contributed by atoms with Crippen LogP contribution in [0, 0.1) is 5.92 Å². The third-order valence-corrected chi connectivity index (χ3v) is 4.98. The van der Waals surface area contributed by atoms with Crippen LogP contribution in [0.5, 0.6) is 0 Å². The Morgan fingerprint density at radius 2 is 1.92 bits per heavy atom. The lowest BCUT2D eigenvalue weighted by Gasteiger charge is -2.43. The highest BCUT2D eigenvalue weighted by Crippen LogP contribution is 2.38. The second kappa shape index (κ2) is 6.55. The monoisotopic (exact) mass is 335 g/mol. The number of β-amino-alcohol motifs (C(OH)–C–C–N with tert-alkyl or cyclic N) is 1. The van der Waals surface area contributed by atoms with Gasteiger partial charge in [-0.25, -0.2) is 4.68 Å². The number of hydrogen-bond donors (Lipinski definition) is 1. The highest BCUT2D eigenvalue weighted by atomic mass is 16.6. The van der Waals surface area contributed by atoms with Crippen LogP contribution in [0.3, 0.4) is 0 Å². The maximum atomic E-state index is 12.0. The summed E-state index contributed by atoms with van der Waals surface area (Å²) in [5.41, 5.74) is 0.0949. The summed E-state index contributed by atoms with van der Waals surface area (Å²) in [6, 6.07) is 3.51. The minimum absolute atomic E-state index is 0.0259. The van der Waals surface area contributed by atoms with Crippen LogP contribution < -0.4 is 5.56 Å². The van der Waals surface area contributed by atoms with Crippen molar-refractivity contribution < 1.29 is 14.6 Å². The molecule has 3 heterocycles. The summed E-state index contributed by atoms with van der Waals surface area (Å²) < 4.78 is 12.4. The number of aliphatic hydroxyl groups is 1. The molecule has 1 aliphatic carbocycles. The Morgan fingerprint density at radius 3 is 2.58 bits per heavy atom. The smallest absolute Gasteiger partial charge is 0.266 e. The molecule has 1 aromatic heterocycles. The second-order valence-corrected chi connectivity index (χ2v) is 7.44. The lowest BCUT2D eigenvalue weighted by molar-refractivity contribution is -0.0921. The van der Waals surface area contributed by atoms with Crippen molar-refractivity contribution >= 4 is 0 Å². The summed E-state index contributed by atoms with van der Waals surface area (Å²) in [5, 5.41) is 15.1. The van der Waals surface area contributed by atoms with Crippen molar-refractivity contribution in [1.82, 2.24) is 14.7 Å². The van der Waals surface area contributed by atoms with Crippen LogP contribution in [0.25, 0.3) is 0 Å². The normalized spacial score (nSPS) is 25.2. The molecule has 1 N–H and O–H groups in total. The molecular formula is C17H25N3O4. The third kappa shape index (κ3) is 3.69. The molecule has 24 heavy (non-hydrogen) atoms. The predicted molar refractivity (Wildman–Crippen MR) is 87.0 cm³/mol. The van der Waals surface area contributed by atoms with Gasteiger partial charge in [-0.15, -0.1) is 0 Å². The summed E-state index contributed by atoms with van der Waals surface area (Å²) in [6.07, 6.45) is 2.37. The molecule has 132 valence electrons. The third-order valence-electron chi connectivity index (χ3n) is 4.98. The van der Waals surface area contributed by atoms with E-state index in [1.807, 2.05) is 6.07 Å². The molecule has 4 rings (SSSR count). The Bertz CT molecular complexity index is 629. The first-order valence-corrected chi connectivity index (χ1v) is 8.80. The van der Waals surface area contributed by atoms with Crippen LogP contribution in [-0.4, -0.2) is 71.4 Å². The fourth-order valence-electron chi connectivity index (χ4n) is 3.55. The molecule has 0 unspecified atom stereocenters. The lowest BCUT2D eigenvalue weighted by atomic mass is 9.96. The minimum Gasteiger partial charge on any atom is -0.384 e. The van der Waals surface area contributed by atoms with Gasteiger partial charge >= 0.3 is 0 Å². The quantitative estimate of drug-likeness (QED) is 0.805. The van der Waals surface area contributed by atoms with E-state index in [4.69, 9.17) is 9.47 Å². The summed E-state index contributed by atoms with van der Waals surface area (Å²) in [5.74, 6) is 0.958. The van der Waals surface area contributed by atoms with E-state index in [2.05, 4.69) is 10.00 Å².